The molecule has 174 valence electrons. The third kappa shape index (κ3) is 6.68. The van der Waals surface area contributed by atoms with E-state index in [1.165, 1.54) is 25.2 Å². The molecule has 0 atom stereocenters. The van der Waals surface area contributed by atoms with Crippen molar-refractivity contribution >= 4 is 46.6 Å². The molecule has 0 fully saturated rings. The standard InChI is InChI=1S/C20H20Cl2N6O5/c1-5-32-20(31)24-18(29)15(9-23)26-25-11-6-13(21)17(14(22)7-11)33-16-8-12(10(2)3)19(30)28(4)27-16/h6-8,10,25H,5H2,1-4H3,(H,24,29,31). The minimum Gasteiger partial charge on any atom is -0.450 e. The molecule has 13 heteroatoms. The van der Waals surface area contributed by atoms with Crippen molar-refractivity contribution < 1.29 is 19.1 Å². The minimum absolute atomic E-state index is 0.0510. The summed E-state index contributed by atoms with van der Waals surface area (Å²) in [5, 5.41) is 18.8. The number of alkyl carbamates (subject to hydrolysis) is 1. The lowest BCUT2D eigenvalue weighted by Gasteiger charge is -2.13. The average Bonchev–Trinajstić information content (AvgIpc) is 2.73. The molecule has 1 aromatic carbocycles. The van der Waals surface area contributed by atoms with Gasteiger partial charge in [-0.05, 0) is 25.0 Å². The molecule has 0 aliphatic heterocycles. The number of nitrogens with zero attached hydrogens (tertiary/aromatic N) is 4. The van der Waals surface area contributed by atoms with Gasteiger partial charge in [0.2, 0.25) is 11.6 Å². The Kier molecular flexibility index (Phi) is 8.78. The Labute approximate surface area is 198 Å². The van der Waals surface area contributed by atoms with Crippen molar-refractivity contribution in [3.8, 4) is 17.7 Å². The van der Waals surface area contributed by atoms with Crippen LogP contribution in [0.3, 0.4) is 0 Å². The van der Waals surface area contributed by atoms with Crippen LogP contribution in [-0.2, 0) is 16.6 Å². The number of hydrogen-bond acceptors (Lipinski definition) is 9. The molecule has 0 radical (unpaired) electrons. The fourth-order valence-electron chi connectivity index (χ4n) is 2.46. The highest BCUT2D eigenvalue weighted by atomic mass is 35.5. The lowest BCUT2D eigenvalue weighted by atomic mass is 10.1. The molecule has 0 spiro atoms. The number of aromatic nitrogens is 2. The first-order valence-corrected chi connectivity index (χ1v) is 10.3. The SMILES string of the molecule is CCOC(=O)NC(=O)C(C#N)=NNc1cc(Cl)c(Oc2cc(C(C)C)c(=O)n(C)n2)c(Cl)c1. The number of imide groups is 1. The Morgan fingerprint density at radius 2 is 1.91 bits per heavy atom. The van der Waals surface area contributed by atoms with Gasteiger partial charge in [-0.2, -0.15) is 10.4 Å². The van der Waals surface area contributed by atoms with Crippen LogP contribution in [0.1, 0.15) is 32.3 Å². The molecule has 2 N–H and O–H groups in total. The highest BCUT2D eigenvalue weighted by Crippen LogP contribution is 2.38. The second-order valence-corrected chi connectivity index (χ2v) is 7.57. The molecule has 2 rings (SSSR count). The van der Waals surface area contributed by atoms with Gasteiger partial charge < -0.3 is 9.47 Å². The summed E-state index contributed by atoms with van der Waals surface area (Å²) in [7, 11) is 1.50. The number of amides is 2. The van der Waals surface area contributed by atoms with E-state index in [4.69, 9.17) is 33.2 Å². The maximum absolute atomic E-state index is 12.2. The Hall–Kier alpha value is -3.62. The van der Waals surface area contributed by atoms with Crippen LogP contribution in [0.4, 0.5) is 10.5 Å². The van der Waals surface area contributed by atoms with Crippen LogP contribution in [-0.4, -0.2) is 34.1 Å². The number of nitrogens with one attached hydrogen (secondary N) is 2. The molecule has 2 aromatic rings. The van der Waals surface area contributed by atoms with Crippen LogP contribution in [0.25, 0.3) is 0 Å². The van der Waals surface area contributed by atoms with Crippen LogP contribution >= 0.6 is 23.2 Å². The van der Waals surface area contributed by atoms with E-state index in [1.807, 2.05) is 19.2 Å². The zero-order valence-electron chi connectivity index (χ0n) is 18.1. The summed E-state index contributed by atoms with van der Waals surface area (Å²) < 4.78 is 11.4. The van der Waals surface area contributed by atoms with E-state index in [2.05, 4.69) is 20.4 Å². The Bertz CT molecular complexity index is 1180. The zero-order chi connectivity index (χ0) is 24.7. The van der Waals surface area contributed by atoms with E-state index >= 15 is 0 Å². The number of halogens is 2. The number of ether oxygens (including phenoxy) is 2. The van der Waals surface area contributed by atoms with Crippen LogP contribution in [0.15, 0.2) is 28.1 Å². The lowest BCUT2D eigenvalue weighted by Crippen LogP contribution is -2.36. The van der Waals surface area contributed by atoms with Crippen LogP contribution in [0.2, 0.25) is 10.0 Å². The number of nitriles is 1. The molecule has 33 heavy (non-hydrogen) atoms. The van der Waals surface area contributed by atoms with Crippen LogP contribution in [0, 0.1) is 11.3 Å². The highest BCUT2D eigenvalue weighted by Gasteiger charge is 2.17. The van der Waals surface area contributed by atoms with Gasteiger partial charge in [0, 0.05) is 18.7 Å². The number of aryl methyl sites for hydroxylation is 1. The van der Waals surface area contributed by atoms with E-state index in [0.29, 0.717) is 5.56 Å². The monoisotopic (exact) mass is 494 g/mol. The summed E-state index contributed by atoms with van der Waals surface area (Å²) in [4.78, 5) is 35.4. The van der Waals surface area contributed by atoms with Gasteiger partial charge in [0.25, 0.3) is 11.5 Å². The first-order chi connectivity index (χ1) is 15.6. The quantitative estimate of drug-likeness (QED) is 0.438. The normalized spacial score (nSPS) is 11.0. The van der Waals surface area contributed by atoms with E-state index in [9.17, 15) is 14.4 Å². The van der Waals surface area contributed by atoms with Crippen LogP contribution in [0.5, 0.6) is 11.6 Å². The van der Waals surface area contributed by atoms with Gasteiger partial charge in [-0.25, -0.2) is 9.48 Å². The molecule has 0 saturated carbocycles. The van der Waals surface area contributed by atoms with Gasteiger partial charge in [0.15, 0.2) is 5.75 Å². The molecule has 0 unspecified atom stereocenters. The molecule has 0 saturated heterocycles. The van der Waals surface area contributed by atoms with Gasteiger partial charge in [0.05, 0.1) is 22.3 Å². The third-order valence-corrected chi connectivity index (χ3v) is 4.57. The summed E-state index contributed by atoms with van der Waals surface area (Å²) >= 11 is 12.5. The Balaban J connectivity index is 2.25. The molecular weight excluding hydrogens is 475 g/mol. The average molecular weight is 495 g/mol. The van der Waals surface area contributed by atoms with Crippen molar-refractivity contribution in [3.05, 3.63) is 44.2 Å². The highest BCUT2D eigenvalue weighted by molar-refractivity contribution is 6.47. The number of benzene rings is 1. The maximum Gasteiger partial charge on any atom is 0.414 e. The molecule has 0 aliphatic rings. The van der Waals surface area contributed by atoms with E-state index in [0.717, 1.165) is 4.68 Å². The fourth-order valence-corrected chi connectivity index (χ4v) is 3.02. The Morgan fingerprint density at radius 3 is 2.45 bits per heavy atom. The van der Waals surface area contributed by atoms with Gasteiger partial charge in [-0.3, -0.25) is 20.3 Å². The van der Waals surface area contributed by atoms with Gasteiger partial charge in [-0.15, -0.1) is 5.10 Å². The molecule has 0 bridgehead atoms. The minimum atomic E-state index is -1.05. The van der Waals surface area contributed by atoms with Gasteiger partial charge >= 0.3 is 6.09 Å². The topological polar surface area (TPSA) is 148 Å². The molecule has 0 aliphatic carbocycles. The molecule has 1 heterocycles. The molecule has 2 amide bonds. The van der Waals surface area contributed by atoms with Gasteiger partial charge in [0.1, 0.15) is 6.07 Å². The van der Waals surface area contributed by atoms with E-state index in [-0.39, 0.29) is 45.4 Å². The number of carbonyl (C=O) groups is 2. The van der Waals surface area contributed by atoms with E-state index < -0.39 is 17.7 Å². The van der Waals surface area contributed by atoms with Gasteiger partial charge in [-0.1, -0.05) is 37.0 Å². The first-order valence-electron chi connectivity index (χ1n) is 9.54. The zero-order valence-corrected chi connectivity index (χ0v) is 19.6. The smallest absolute Gasteiger partial charge is 0.414 e. The maximum atomic E-state index is 12.2. The molecular formula is C20H20Cl2N6O5. The van der Waals surface area contributed by atoms with Crippen molar-refractivity contribution in [2.24, 2.45) is 12.1 Å². The number of hydrazone groups is 1. The van der Waals surface area contributed by atoms with Crippen molar-refractivity contribution in [2.75, 3.05) is 12.0 Å². The van der Waals surface area contributed by atoms with E-state index in [1.54, 1.807) is 13.0 Å². The summed E-state index contributed by atoms with van der Waals surface area (Å²) in [6, 6.07) is 5.84. The molecule has 1 aromatic heterocycles. The van der Waals surface area contributed by atoms with Crippen molar-refractivity contribution in [2.45, 2.75) is 26.7 Å². The first kappa shape index (κ1) is 25.6. The third-order valence-electron chi connectivity index (χ3n) is 4.00. The molecule has 11 nitrogen and oxygen atoms in total. The summed E-state index contributed by atoms with van der Waals surface area (Å²) in [5.41, 5.74) is 2.32. The summed E-state index contributed by atoms with van der Waals surface area (Å²) in [6.45, 7) is 5.34. The number of anilines is 1. The van der Waals surface area contributed by atoms with Crippen molar-refractivity contribution in [1.29, 1.82) is 5.26 Å². The fraction of sp³-hybridized carbons (Fsp3) is 0.300. The number of carbonyl (C=O) groups excluding carboxylic acids is 2. The second-order valence-electron chi connectivity index (χ2n) is 6.75. The number of rotatable bonds is 7. The summed E-state index contributed by atoms with van der Waals surface area (Å²) in [5.74, 6) is -0.915. The summed E-state index contributed by atoms with van der Waals surface area (Å²) in [6.07, 6.45) is -1.01. The Morgan fingerprint density at radius 1 is 1.27 bits per heavy atom. The second kappa shape index (κ2) is 11.3. The predicted molar refractivity (Wildman–Crippen MR) is 122 cm³/mol. The number of hydrogen-bond donors (Lipinski definition) is 2. The predicted octanol–water partition coefficient (Wildman–Crippen LogP) is 3.57. The lowest BCUT2D eigenvalue weighted by molar-refractivity contribution is -0.114. The largest absolute Gasteiger partial charge is 0.450 e. The van der Waals surface area contributed by atoms with Crippen molar-refractivity contribution in [3.63, 3.8) is 0 Å². The van der Waals surface area contributed by atoms with Crippen LogP contribution < -0.4 is 21.0 Å². The van der Waals surface area contributed by atoms with Crippen molar-refractivity contribution in [1.82, 2.24) is 15.1 Å².